The van der Waals surface area contributed by atoms with Crippen molar-refractivity contribution in [3.05, 3.63) is 0 Å². The smallest absolute Gasteiger partial charge is 0.212 e. The molecule has 0 radical (unpaired) electrons. The molecule has 14 heavy (non-hydrogen) atoms. The van der Waals surface area contributed by atoms with E-state index in [4.69, 9.17) is 11.6 Å². The van der Waals surface area contributed by atoms with Crippen molar-refractivity contribution in [3.8, 4) is 0 Å². The Morgan fingerprint density at radius 3 is 2.29 bits per heavy atom. The lowest BCUT2D eigenvalue weighted by Gasteiger charge is -2.27. The Hall–Kier alpha value is 0.200. The van der Waals surface area contributed by atoms with Crippen molar-refractivity contribution in [1.82, 2.24) is 4.72 Å². The van der Waals surface area contributed by atoms with Gasteiger partial charge in [0, 0.05) is 11.4 Å². The Morgan fingerprint density at radius 2 is 1.86 bits per heavy atom. The summed E-state index contributed by atoms with van der Waals surface area (Å²) >= 11 is 5.87. The van der Waals surface area contributed by atoms with E-state index >= 15 is 0 Å². The molecule has 3 nitrogen and oxygen atoms in total. The second-order valence-corrected chi connectivity index (χ2v) is 6.70. The quantitative estimate of drug-likeness (QED) is 0.756. The minimum atomic E-state index is -3.08. The molecule has 0 bridgehead atoms. The Balaban J connectivity index is 2.07. The second kappa shape index (κ2) is 3.65. The summed E-state index contributed by atoms with van der Waals surface area (Å²) in [5.41, 5.74) is -0.330. The molecule has 0 aromatic rings. The molecule has 1 N–H and O–H groups in total. The third kappa shape index (κ3) is 2.07. The Labute approximate surface area is 90.3 Å². The SMILES string of the molecule is O=S(=O)(NC1(CCl)CCCC1)C1CC1. The third-order valence-corrected chi connectivity index (χ3v) is 5.72. The van der Waals surface area contributed by atoms with E-state index in [1.54, 1.807) is 0 Å². The zero-order chi connectivity index (χ0) is 10.2. The zero-order valence-electron chi connectivity index (χ0n) is 8.13. The fourth-order valence-corrected chi connectivity index (χ4v) is 4.29. The van der Waals surface area contributed by atoms with Gasteiger partial charge in [-0.25, -0.2) is 13.1 Å². The molecule has 82 valence electrons. The number of hydrogen-bond donors (Lipinski definition) is 1. The molecule has 0 amide bonds. The van der Waals surface area contributed by atoms with Crippen molar-refractivity contribution in [2.24, 2.45) is 0 Å². The van der Waals surface area contributed by atoms with E-state index < -0.39 is 10.0 Å². The van der Waals surface area contributed by atoms with Crippen LogP contribution in [-0.4, -0.2) is 25.1 Å². The molecule has 2 saturated carbocycles. The van der Waals surface area contributed by atoms with Gasteiger partial charge in [-0.2, -0.15) is 0 Å². The van der Waals surface area contributed by atoms with Crippen LogP contribution in [0.2, 0.25) is 0 Å². The maximum atomic E-state index is 11.7. The lowest BCUT2D eigenvalue weighted by Crippen LogP contribution is -2.48. The van der Waals surface area contributed by atoms with Gasteiger partial charge in [-0.1, -0.05) is 12.8 Å². The number of halogens is 1. The molecule has 0 saturated heterocycles. The van der Waals surface area contributed by atoms with E-state index in [1.807, 2.05) is 0 Å². The highest BCUT2D eigenvalue weighted by Gasteiger charge is 2.43. The molecule has 0 atom stereocenters. The first-order chi connectivity index (χ1) is 6.58. The van der Waals surface area contributed by atoms with Gasteiger partial charge >= 0.3 is 0 Å². The maximum Gasteiger partial charge on any atom is 0.215 e. The molecule has 2 rings (SSSR count). The summed E-state index contributed by atoms with van der Waals surface area (Å²) in [5.74, 6) is 0.402. The van der Waals surface area contributed by atoms with Gasteiger partial charge in [0.15, 0.2) is 0 Å². The Kier molecular flexibility index (Phi) is 2.79. The normalized spacial score (nSPS) is 26.6. The van der Waals surface area contributed by atoms with Crippen LogP contribution in [0.5, 0.6) is 0 Å². The summed E-state index contributed by atoms with van der Waals surface area (Å²) in [5, 5.41) is -0.136. The van der Waals surface area contributed by atoms with Crippen LogP contribution in [0.15, 0.2) is 0 Å². The van der Waals surface area contributed by atoms with E-state index in [-0.39, 0.29) is 10.8 Å². The highest BCUT2D eigenvalue weighted by atomic mass is 35.5. The van der Waals surface area contributed by atoms with E-state index in [0.29, 0.717) is 5.88 Å². The molecule has 0 aromatic carbocycles. The van der Waals surface area contributed by atoms with Crippen LogP contribution in [0.3, 0.4) is 0 Å². The van der Waals surface area contributed by atoms with Crippen molar-refractivity contribution >= 4 is 21.6 Å². The van der Waals surface area contributed by atoms with Gasteiger partial charge < -0.3 is 0 Å². The number of nitrogens with one attached hydrogen (secondary N) is 1. The fraction of sp³-hybridized carbons (Fsp3) is 1.00. The number of rotatable bonds is 4. The van der Waals surface area contributed by atoms with Crippen molar-refractivity contribution in [2.75, 3.05) is 5.88 Å². The van der Waals surface area contributed by atoms with Crippen LogP contribution in [0.1, 0.15) is 38.5 Å². The summed E-state index contributed by atoms with van der Waals surface area (Å²) < 4.78 is 26.3. The van der Waals surface area contributed by atoms with Crippen molar-refractivity contribution in [2.45, 2.75) is 49.3 Å². The molecule has 2 aliphatic rings. The van der Waals surface area contributed by atoms with Crippen LogP contribution < -0.4 is 4.72 Å². The summed E-state index contributed by atoms with van der Waals surface area (Å²) in [6, 6.07) is 0. The number of alkyl halides is 1. The molecule has 2 fully saturated rings. The number of sulfonamides is 1. The zero-order valence-corrected chi connectivity index (χ0v) is 9.70. The molecule has 0 heterocycles. The first-order valence-corrected chi connectivity index (χ1v) is 7.25. The van der Waals surface area contributed by atoms with Gasteiger partial charge in [-0.15, -0.1) is 11.6 Å². The van der Waals surface area contributed by atoms with E-state index in [2.05, 4.69) is 4.72 Å². The van der Waals surface area contributed by atoms with Crippen LogP contribution in [0.25, 0.3) is 0 Å². The van der Waals surface area contributed by atoms with Crippen molar-refractivity contribution < 1.29 is 8.42 Å². The topological polar surface area (TPSA) is 46.2 Å². The highest BCUT2D eigenvalue weighted by Crippen LogP contribution is 2.35. The van der Waals surface area contributed by atoms with E-state index in [9.17, 15) is 8.42 Å². The molecular formula is C9H16ClNO2S. The summed E-state index contributed by atoms with van der Waals surface area (Å²) in [6.07, 6.45) is 5.58. The van der Waals surface area contributed by atoms with Crippen LogP contribution in [0, 0.1) is 0 Å². The van der Waals surface area contributed by atoms with Crippen LogP contribution in [-0.2, 0) is 10.0 Å². The summed E-state index contributed by atoms with van der Waals surface area (Å²) in [6.45, 7) is 0. The van der Waals surface area contributed by atoms with Crippen LogP contribution >= 0.6 is 11.6 Å². The lowest BCUT2D eigenvalue weighted by molar-refractivity contribution is 0.432. The minimum Gasteiger partial charge on any atom is -0.212 e. The minimum absolute atomic E-state index is 0.136. The fourth-order valence-electron chi connectivity index (χ4n) is 2.08. The second-order valence-electron chi connectivity index (χ2n) is 4.47. The van der Waals surface area contributed by atoms with Crippen molar-refractivity contribution in [1.29, 1.82) is 0 Å². The van der Waals surface area contributed by atoms with Crippen molar-refractivity contribution in [3.63, 3.8) is 0 Å². The Morgan fingerprint density at radius 1 is 1.29 bits per heavy atom. The first-order valence-electron chi connectivity index (χ1n) is 5.17. The van der Waals surface area contributed by atoms with E-state index in [0.717, 1.165) is 38.5 Å². The average molecular weight is 238 g/mol. The molecule has 5 heteroatoms. The molecule has 0 aliphatic heterocycles. The predicted molar refractivity (Wildman–Crippen MR) is 57.0 cm³/mol. The summed E-state index contributed by atoms with van der Waals surface area (Å²) in [7, 11) is -3.08. The standard InChI is InChI=1S/C9H16ClNO2S/c10-7-9(5-1-2-6-9)11-14(12,13)8-3-4-8/h8,11H,1-7H2. The molecule has 0 spiro atoms. The third-order valence-electron chi connectivity index (χ3n) is 3.14. The number of hydrogen-bond acceptors (Lipinski definition) is 2. The predicted octanol–water partition coefficient (Wildman–Crippen LogP) is 1.62. The first kappa shape index (κ1) is 10.7. The van der Waals surface area contributed by atoms with Gasteiger partial charge in [0.1, 0.15) is 0 Å². The Bertz CT molecular complexity index is 305. The lowest BCUT2D eigenvalue weighted by atomic mass is 10.0. The molecule has 2 aliphatic carbocycles. The summed E-state index contributed by atoms with van der Waals surface area (Å²) in [4.78, 5) is 0. The maximum absolute atomic E-state index is 11.7. The van der Waals surface area contributed by atoms with Gasteiger partial charge in [-0.3, -0.25) is 0 Å². The van der Waals surface area contributed by atoms with Gasteiger partial charge in [-0.05, 0) is 25.7 Å². The van der Waals surface area contributed by atoms with Crippen LogP contribution in [0.4, 0.5) is 0 Å². The van der Waals surface area contributed by atoms with Gasteiger partial charge in [0.2, 0.25) is 10.0 Å². The highest BCUT2D eigenvalue weighted by molar-refractivity contribution is 7.90. The van der Waals surface area contributed by atoms with E-state index in [1.165, 1.54) is 0 Å². The largest absolute Gasteiger partial charge is 0.215 e. The van der Waals surface area contributed by atoms with Gasteiger partial charge in [0.05, 0.1) is 5.25 Å². The molecule has 0 unspecified atom stereocenters. The monoisotopic (exact) mass is 237 g/mol. The molecule has 0 aromatic heterocycles. The van der Waals surface area contributed by atoms with Gasteiger partial charge in [0.25, 0.3) is 0 Å². The molecular weight excluding hydrogens is 222 g/mol. The average Bonchev–Trinajstić information content (AvgIpc) is 2.90.